The van der Waals surface area contributed by atoms with Crippen LogP contribution in [0.5, 0.6) is 0 Å². The fraction of sp³-hybridized carbons (Fsp3) is 0.619. The van der Waals surface area contributed by atoms with Crippen LogP contribution in [0.25, 0.3) is 0 Å². The molecule has 9 nitrogen and oxygen atoms in total. The Morgan fingerprint density at radius 1 is 1.23 bits per heavy atom. The predicted octanol–water partition coefficient (Wildman–Crippen LogP) is 0.0340. The van der Waals surface area contributed by atoms with Crippen molar-refractivity contribution in [1.82, 2.24) is 14.5 Å². The topological polar surface area (TPSA) is 116 Å². The second-order valence-corrected chi connectivity index (χ2v) is 10.3. The molecule has 2 atom stereocenters. The van der Waals surface area contributed by atoms with Crippen molar-refractivity contribution in [2.24, 2.45) is 5.73 Å². The molecule has 0 bridgehead atoms. The van der Waals surface area contributed by atoms with Crippen LogP contribution >= 0.6 is 0 Å². The summed E-state index contributed by atoms with van der Waals surface area (Å²) >= 11 is 0. The zero-order valence-electron chi connectivity index (χ0n) is 17.9. The summed E-state index contributed by atoms with van der Waals surface area (Å²) in [6, 6.07) is 4.21. The number of carbonyl (C=O) groups excluding carboxylic acids is 2. The highest BCUT2D eigenvalue weighted by atomic mass is 32.2. The number of piperazine rings is 1. The molecule has 2 amide bonds. The Balaban J connectivity index is 1.52. The summed E-state index contributed by atoms with van der Waals surface area (Å²) in [7, 11) is -4.00. The lowest BCUT2D eigenvalue weighted by Gasteiger charge is -2.38. The highest BCUT2D eigenvalue weighted by Crippen LogP contribution is 2.29. The van der Waals surface area contributed by atoms with Gasteiger partial charge in [0.15, 0.2) is 0 Å². The molecule has 0 aromatic heterocycles. The number of anilines is 1. The van der Waals surface area contributed by atoms with Gasteiger partial charge in [0.25, 0.3) is 0 Å². The fourth-order valence-corrected chi connectivity index (χ4v) is 6.42. The Morgan fingerprint density at radius 2 is 2.03 bits per heavy atom. The summed E-state index contributed by atoms with van der Waals surface area (Å²) in [6.45, 7) is 5.22. The lowest BCUT2D eigenvalue weighted by atomic mass is 10.1. The monoisotopic (exact) mass is 449 g/mol. The highest BCUT2D eigenvalue weighted by Gasteiger charge is 2.36. The zero-order valence-corrected chi connectivity index (χ0v) is 18.7. The van der Waals surface area contributed by atoms with Crippen LogP contribution in [0.3, 0.4) is 0 Å². The molecule has 1 aromatic rings. The van der Waals surface area contributed by atoms with Gasteiger partial charge in [-0.15, -0.1) is 0 Å². The number of hydrogen-bond donors (Lipinski definition) is 2. The molecule has 0 saturated carbocycles. The van der Waals surface area contributed by atoms with Crippen LogP contribution in [0.15, 0.2) is 23.1 Å². The number of nitrogens with two attached hydrogens (primary N) is 1. The Labute approximate surface area is 183 Å². The number of fused-ring (bicyclic) bond motifs is 1. The van der Waals surface area contributed by atoms with Crippen LogP contribution in [0, 0.1) is 6.92 Å². The van der Waals surface area contributed by atoms with Gasteiger partial charge >= 0.3 is 0 Å². The molecule has 0 spiro atoms. The van der Waals surface area contributed by atoms with E-state index in [0.29, 0.717) is 43.3 Å². The third-order valence-electron chi connectivity index (χ3n) is 6.64. The molecule has 3 aliphatic rings. The SMILES string of the molecule is Cc1c(N2CCCC2=O)cccc1S(=O)(=O)N[C@@H](CN)C(=O)N1CCN2CCCC2C1. The number of rotatable bonds is 6. The summed E-state index contributed by atoms with van der Waals surface area (Å²) in [6.07, 6.45) is 3.41. The quantitative estimate of drug-likeness (QED) is 0.633. The van der Waals surface area contributed by atoms with Crippen LogP contribution in [0.4, 0.5) is 5.69 Å². The standard InChI is InChI=1S/C21H31N5O4S/c1-15-18(26-10-4-8-20(26)27)6-2-7-19(15)31(29,30)23-17(13-22)21(28)25-12-11-24-9-3-5-16(24)14-25/h2,6-7,16-17,23H,3-5,8-14,22H2,1H3/t16?,17-/m0/s1. The first-order chi connectivity index (χ1) is 14.8. The molecular weight excluding hydrogens is 418 g/mol. The Morgan fingerprint density at radius 3 is 2.74 bits per heavy atom. The van der Waals surface area contributed by atoms with Crippen LogP contribution in [-0.2, 0) is 19.6 Å². The van der Waals surface area contributed by atoms with E-state index in [1.807, 2.05) is 0 Å². The van der Waals surface area contributed by atoms with Gasteiger partial charge in [-0.2, -0.15) is 4.72 Å². The molecule has 0 radical (unpaired) electrons. The second-order valence-electron chi connectivity index (χ2n) is 8.58. The summed E-state index contributed by atoms with van der Waals surface area (Å²) in [5.74, 6) is -0.284. The van der Waals surface area contributed by atoms with E-state index in [1.165, 1.54) is 6.07 Å². The number of nitrogens with zero attached hydrogens (tertiary/aromatic N) is 3. The number of carbonyl (C=O) groups is 2. The molecule has 3 saturated heterocycles. The summed E-state index contributed by atoms with van der Waals surface area (Å²) in [5, 5.41) is 0. The summed E-state index contributed by atoms with van der Waals surface area (Å²) in [4.78, 5) is 31.0. The number of sulfonamides is 1. The van der Waals surface area contributed by atoms with E-state index in [-0.39, 0.29) is 23.3 Å². The maximum atomic E-state index is 13.2. The van der Waals surface area contributed by atoms with Gasteiger partial charge in [-0.25, -0.2) is 8.42 Å². The lowest BCUT2D eigenvalue weighted by Crippen LogP contribution is -2.58. The van der Waals surface area contributed by atoms with E-state index >= 15 is 0 Å². The minimum atomic E-state index is -4.00. The molecule has 4 rings (SSSR count). The lowest BCUT2D eigenvalue weighted by molar-refractivity contribution is -0.135. The summed E-state index contributed by atoms with van der Waals surface area (Å²) in [5.41, 5.74) is 6.91. The number of nitrogens with one attached hydrogen (secondary N) is 1. The van der Waals surface area contributed by atoms with Crippen molar-refractivity contribution >= 4 is 27.5 Å². The molecule has 170 valence electrons. The molecular formula is C21H31N5O4S. The molecule has 3 aliphatic heterocycles. The van der Waals surface area contributed by atoms with E-state index in [4.69, 9.17) is 5.73 Å². The summed E-state index contributed by atoms with van der Waals surface area (Å²) < 4.78 is 28.9. The fourth-order valence-electron chi connectivity index (χ4n) is 4.95. The van der Waals surface area contributed by atoms with Gasteiger partial charge in [0, 0.05) is 50.9 Å². The molecule has 1 aromatic carbocycles. The Kier molecular flexibility index (Phi) is 6.34. The molecule has 10 heteroatoms. The van der Waals surface area contributed by atoms with Crippen molar-refractivity contribution in [1.29, 1.82) is 0 Å². The smallest absolute Gasteiger partial charge is 0.242 e. The van der Waals surface area contributed by atoms with Crippen LogP contribution < -0.4 is 15.4 Å². The van der Waals surface area contributed by atoms with Crippen molar-refractivity contribution in [2.45, 2.75) is 49.6 Å². The molecule has 1 unspecified atom stereocenters. The van der Waals surface area contributed by atoms with Crippen LogP contribution in [0.2, 0.25) is 0 Å². The Bertz CT molecular complexity index is 967. The normalized spacial score (nSPS) is 23.3. The van der Waals surface area contributed by atoms with Crippen molar-refractivity contribution in [3.8, 4) is 0 Å². The van der Waals surface area contributed by atoms with Crippen molar-refractivity contribution in [3.63, 3.8) is 0 Å². The maximum Gasteiger partial charge on any atom is 0.242 e. The van der Waals surface area contributed by atoms with E-state index < -0.39 is 16.1 Å². The van der Waals surface area contributed by atoms with Gasteiger partial charge in [-0.3, -0.25) is 14.5 Å². The van der Waals surface area contributed by atoms with E-state index in [9.17, 15) is 18.0 Å². The third-order valence-corrected chi connectivity index (χ3v) is 8.26. The first-order valence-corrected chi connectivity index (χ1v) is 12.5. The third kappa shape index (κ3) is 4.34. The van der Waals surface area contributed by atoms with E-state index in [2.05, 4.69) is 9.62 Å². The number of amides is 2. The zero-order chi connectivity index (χ0) is 22.2. The second kappa shape index (κ2) is 8.85. The highest BCUT2D eigenvalue weighted by molar-refractivity contribution is 7.89. The van der Waals surface area contributed by atoms with E-state index in [0.717, 1.165) is 32.4 Å². The van der Waals surface area contributed by atoms with Crippen molar-refractivity contribution in [2.75, 3.05) is 44.2 Å². The van der Waals surface area contributed by atoms with Crippen LogP contribution in [-0.4, -0.2) is 81.4 Å². The van der Waals surface area contributed by atoms with Gasteiger partial charge in [0.2, 0.25) is 21.8 Å². The predicted molar refractivity (Wildman–Crippen MR) is 117 cm³/mol. The first kappa shape index (κ1) is 22.2. The minimum absolute atomic E-state index is 0.00771. The average Bonchev–Trinajstić information content (AvgIpc) is 3.39. The van der Waals surface area contributed by atoms with Crippen molar-refractivity contribution < 1.29 is 18.0 Å². The van der Waals surface area contributed by atoms with Gasteiger partial charge in [0.05, 0.1) is 4.90 Å². The molecule has 0 aliphatic carbocycles. The van der Waals surface area contributed by atoms with Gasteiger partial charge in [-0.05, 0) is 50.4 Å². The largest absolute Gasteiger partial charge is 0.338 e. The maximum absolute atomic E-state index is 13.2. The van der Waals surface area contributed by atoms with Gasteiger partial charge < -0.3 is 15.5 Å². The average molecular weight is 450 g/mol. The van der Waals surface area contributed by atoms with E-state index in [1.54, 1.807) is 28.9 Å². The molecule has 31 heavy (non-hydrogen) atoms. The molecule has 3 N–H and O–H groups in total. The number of benzene rings is 1. The first-order valence-electron chi connectivity index (χ1n) is 11.0. The molecule has 3 fully saturated rings. The molecule has 3 heterocycles. The minimum Gasteiger partial charge on any atom is -0.338 e. The van der Waals surface area contributed by atoms with Crippen molar-refractivity contribution in [3.05, 3.63) is 23.8 Å². The Hall–Kier alpha value is -2.01. The van der Waals surface area contributed by atoms with Gasteiger partial charge in [-0.1, -0.05) is 6.07 Å². The number of hydrogen-bond acceptors (Lipinski definition) is 6. The van der Waals surface area contributed by atoms with Gasteiger partial charge in [0.1, 0.15) is 6.04 Å². The van der Waals surface area contributed by atoms with Crippen LogP contribution in [0.1, 0.15) is 31.2 Å².